The van der Waals surface area contributed by atoms with Crippen LogP contribution in [0.1, 0.15) is 49.1 Å². The second-order valence-electron chi connectivity index (χ2n) is 8.03. The highest BCUT2D eigenvalue weighted by Gasteiger charge is 2.40. The number of hydrogen-bond donors (Lipinski definition) is 1. The van der Waals surface area contributed by atoms with Crippen LogP contribution in [0.2, 0.25) is 0 Å². The van der Waals surface area contributed by atoms with Crippen molar-refractivity contribution in [2.75, 3.05) is 13.1 Å². The number of amides is 1. The Balaban J connectivity index is 1.54. The fourth-order valence-corrected chi connectivity index (χ4v) is 4.94. The third-order valence-electron chi connectivity index (χ3n) is 6.32. The quantitative estimate of drug-likeness (QED) is 0.858. The minimum atomic E-state index is -0.217. The number of likely N-dealkylation sites (tertiary alicyclic amines) is 1. The molecule has 0 bridgehead atoms. The Morgan fingerprint density at radius 2 is 1.82 bits per heavy atom. The van der Waals surface area contributed by atoms with Gasteiger partial charge in [0.05, 0.1) is 6.04 Å². The maximum Gasteiger partial charge on any atom is 0.223 e. The van der Waals surface area contributed by atoms with Gasteiger partial charge in [-0.2, -0.15) is 0 Å². The summed E-state index contributed by atoms with van der Waals surface area (Å²) >= 11 is 0. The Morgan fingerprint density at radius 3 is 2.64 bits per heavy atom. The van der Waals surface area contributed by atoms with Gasteiger partial charge in [-0.05, 0) is 49.4 Å². The fourth-order valence-electron chi connectivity index (χ4n) is 4.94. The molecule has 3 nitrogen and oxygen atoms in total. The lowest BCUT2D eigenvalue weighted by molar-refractivity contribution is -0.135. The van der Waals surface area contributed by atoms with Crippen molar-refractivity contribution in [1.82, 2.24) is 10.2 Å². The van der Waals surface area contributed by atoms with Gasteiger partial charge in [-0.25, -0.2) is 4.39 Å². The summed E-state index contributed by atoms with van der Waals surface area (Å²) < 4.78 is 14.0. The number of halogens is 1. The van der Waals surface area contributed by atoms with Gasteiger partial charge in [0.1, 0.15) is 5.82 Å². The molecule has 2 saturated heterocycles. The molecule has 2 fully saturated rings. The largest absolute Gasteiger partial charge is 0.338 e. The predicted molar refractivity (Wildman–Crippen MR) is 110 cm³/mol. The van der Waals surface area contributed by atoms with Gasteiger partial charge in [-0.3, -0.25) is 4.79 Å². The number of rotatable bonds is 4. The van der Waals surface area contributed by atoms with E-state index >= 15 is 0 Å². The summed E-state index contributed by atoms with van der Waals surface area (Å²) in [5, 5.41) is 3.67. The maximum atomic E-state index is 14.0. The zero-order chi connectivity index (χ0) is 19.3. The highest BCUT2D eigenvalue weighted by Crippen LogP contribution is 2.35. The van der Waals surface area contributed by atoms with Gasteiger partial charge in [0, 0.05) is 24.9 Å². The smallest absolute Gasteiger partial charge is 0.223 e. The third-order valence-corrected chi connectivity index (χ3v) is 6.32. The molecule has 4 rings (SSSR count). The van der Waals surface area contributed by atoms with Crippen molar-refractivity contribution in [3.63, 3.8) is 0 Å². The Labute approximate surface area is 166 Å². The number of carbonyl (C=O) groups is 1. The van der Waals surface area contributed by atoms with E-state index in [0.29, 0.717) is 30.4 Å². The van der Waals surface area contributed by atoms with Crippen molar-refractivity contribution < 1.29 is 9.18 Å². The van der Waals surface area contributed by atoms with Crippen molar-refractivity contribution in [2.24, 2.45) is 0 Å². The van der Waals surface area contributed by atoms with Gasteiger partial charge in [0.25, 0.3) is 0 Å². The second-order valence-corrected chi connectivity index (χ2v) is 8.03. The molecule has 2 aromatic rings. The molecule has 1 N–H and O–H groups in total. The number of nitrogens with one attached hydrogen (secondary N) is 1. The molecule has 0 spiro atoms. The van der Waals surface area contributed by atoms with Crippen LogP contribution in [0.15, 0.2) is 54.6 Å². The van der Waals surface area contributed by atoms with E-state index in [0.717, 1.165) is 38.8 Å². The van der Waals surface area contributed by atoms with Crippen molar-refractivity contribution in [1.29, 1.82) is 0 Å². The minimum Gasteiger partial charge on any atom is -0.338 e. The molecule has 0 radical (unpaired) electrons. The van der Waals surface area contributed by atoms with Crippen LogP contribution in [-0.4, -0.2) is 36.0 Å². The lowest BCUT2D eigenvalue weighted by Crippen LogP contribution is -2.57. The first-order valence-corrected chi connectivity index (χ1v) is 10.6. The van der Waals surface area contributed by atoms with Gasteiger partial charge in [-0.15, -0.1) is 0 Å². The first-order valence-electron chi connectivity index (χ1n) is 10.6. The van der Waals surface area contributed by atoms with Crippen LogP contribution >= 0.6 is 0 Å². The summed E-state index contributed by atoms with van der Waals surface area (Å²) in [4.78, 5) is 15.4. The van der Waals surface area contributed by atoms with Gasteiger partial charge in [-0.1, -0.05) is 55.0 Å². The second kappa shape index (κ2) is 8.87. The van der Waals surface area contributed by atoms with E-state index in [9.17, 15) is 9.18 Å². The van der Waals surface area contributed by atoms with Gasteiger partial charge in [0.15, 0.2) is 0 Å². The summed E-state index contributed by atoms with van der Waals surface area (Å²) in [6.45, 7) is 1.81. The van der Waals surface area contributed by atoms with Gasteiger partial charge in [0.2, 0.25) is 5.91 Å². The highest BCUT2D eigenvalue weighted by molar-refractivity contribution is 5.77. The van der Waals surface area contributed by atoms with Crippen molar-refractivity contribution in [3.05, 3.63) is 71.5 Å². The molecular formula is C24H29FN2O. The molecule has 3 atom stereocenters. The molecule has 0 aliphatic carbocycles. The van der Waals surface area contributed by atoms with Crippen molar-refractivity contribution >= 4 is 5.91 Å². The zero-order valence-electron chi connectivity index (χ0n) is 16.3. The van der Waals surface area contributed by atoms with Crippen LogP contribution in [0.5, 0.6) is 0 Å². The third kappa shape index (κ3) is 4.12. The van der Waals surface area contributed by atoms with Crippen LogP contribution in [0.3, 0.4) is 0 Å². The topological polar surface area (TPSA) is 32.3 Å². The van der Waals surface area contributed by atoms with Crippen LogP contribution in [0.4, 0.5) is 4.39 Å². The SMILES string of the molecule is O=C(CCc1ccccc1F)N1CCCC[C@H]2NCC[C@H](c3ccccc3)[C@H]21. The molecular weight excluding hydrogens is 351 g/mol. The van der Waals surface area contributed by atoms with Crippen LogP contribution in [-0.2, 0) is 11.2 Å². The standard InChI is InChI=1S/C24H29FN2O/c25-21-11-5-4-10-19(21)13-14-23(28)27-17-7-6-12-22-24(27)20(15-16-26-22)18-8-2-1-3-9-18/h1-5,8-11,20,22,24,26H,6-7,12-17H2/t20-,22-,24-/m1/s1. The summed E-state index contributed by atoms with van der Waals surface area (Å²) in [6.07, 6.45) is 5.18. The summed E-state index contributed by atoms with van der Waals surface area (Å²) in [5.74, 6) is 0.304. The number of benzene rings is 2. The molecule has 2 aliphatic heterocycles. The number of fused-ring (bicyclic) bond motifs is 1. The van der Waals surface area contributed by atoms with Crippen LogP contribution in [0.25, 0.3) is 0 Å². The Bertz CT molecular complexity index is 794. The number of hydrogen-bond acceptors (Lipinski definition) is 2. The van der Waals surface area contributed by atoms with Crippen LogP contribution in [0, 0.1) is 5.82 Å². The molecule has 4 heteroatoms. The fraction of sp³-hybridized carbons (Fsp3) is 0.458. The molecule has 2 aliphatic rings. The predicted octanol–water partition coefficient (Wildman–Crippen LogP) is 4.29. The summed E-state index contributed by atoms with van der Waals surface area (Å²) in [6, 6.07) is 17.9. The average Bonchev–Trinajstić information content (AvgIpc) is 2.96. The summed E-state index contributed by atoms with van der Waals surface area (Å²) in [7, 11) is 0. The van der Waals surface area contributed by atoms with E-state index in [1.807, 2.05) is 12.1 Å². The van der Waals surface area contributed by atoms with E-state index < -0.39 is 0 Å². The van der Waals surface area contributed by atoms with E-state index in [2.05, 4.69) is 34.5 Å². The molecule has 2 aromatic carbocycles. The summed E-state index contributed by atoms with van der Waals surface area (Å²) in [5.41, 5.74) is 1.96. The monoisotopic (exact) mass is 380 g/mol. The molecule has 148 valence electrons. The minimum absolute atomic E-state index is 0.157. The van der Waals surface area contributed by atoms with Crippen LogP contribution < -0.4 is 5.32 Å². The maximum absolute atomic E-state index is 14.0. The number of nitrogens with zero attached hydrogens (tertiary/aromatic N) is 1. The lowest BCUT2D eigenvalue weighted by Gasteiger charge is -2.44. The molecule has 0 saturated carbocycles. The molecule has 2 heterocycles. The van der Waals surface area contributed by atoms with Gasteiger partial charge < -0.3 is 10.2 Å². The number of carbonyl (C=O) groups excluding carboxylic acids is 1. The van der Waals surface area contributed by atoms with E-state index in [1.54, 1.807) is 12.1 Å². The van der Waals surface area contributed by atoms with E-state index in [-0.39, 0.29) is 17.8 Å². The molecule has 0 aromatic heterocycles. The Kier molecular flexibility index (Phi) is 6.06. The first kappa shape index (κ1) is 19.1. The number of aryl methyl sites for hydroxylation is 1. The molecule has 0 unspecified atom stereocenters. The molecule has 1 amide bonds. The first-order chi connectivity index (χ1) is 13.7. The highest BCUT2D eigenvalue weighted by atomic mass is 19.1. The lowest BCUT2D eigenvalue weighted by atomic mass is 9.80. The Hall–Kier alpha value is -2.20. The van der Waals surface area contributed by atoms with Crippen molar-refractivity contribution in [3.8, 4) is 0 Å². The number of piperidine rings is 1. The van der Waals surface area contributed by atoms with E-state index in [1.165, 1.54) is 11.6 Å². The van der Waals surface area contributed by atoms with Gasteiger partial charge >= 0.3 is 0 Å². The molecule has 28 heavy (non-hydrogen) atoms. The normalized spacial score (nSPS) is 25.0. The van der Waals surface area contributed by atoms with E-state index in [4.69, 9.17) is 0 Å². The zero-order valence-corrected chi connectivity index (χ0v) is 16.3. The Morgan fingerprint density at radius 1 is 1.04 bits per heavy atom. The average molecular weight is 381 g/mol. The van der Waals surface area contributed by atoms with Crippen molar-refractivity contribution in [2.45, 2.75) is 56.5 Å².